The summed E-state index contributed by atoms with van der Waals surface area (Å²) in [6.07, 6.45) is -0.728. The summed E-state index contributed by atoms with van der Waals surface area (Å²) < 4.78 is 15.2. The minimum atomic E-state index is -1.12. The van der Waals surface area contributed by atoms with Gasteiger partial charge in [-0.05, 0) is 19.4 Å². The minimum absolute atomic E-state index is 0.194. The Balaban J connectivity index is 3.06. The molecule has 0 aliphatic heterocycles. The summed E-state index contributed by atoms with van der Waals surface area (Å²) in [4.78, 5) is 24.1. The molecule has 0 spiro atoms. The second-order valence-corrected chi connectivity index (χ2v) is 4.05. The topological polar surface area (TPSA) is 61.8 Å². The molecule has 0 fully saturated rings. The summed E-state index contributed by atoms with van der Waals surface area (Å²) in [6, 6.07) is 9.06. The first-order valence-corrected chi connectivity index (χ1v) is 6.56. The number of rotatable bonds is 7. The molecule has 0 radical (unpaired) electrons. The Morgan fingerprint density at radius 3 is 1.90 bits per heavy atom. The Hall–Kier alpha value is -1.88. The van der Waals surface area contributed by atoms with Crippen LogP contribution in [0.15, 0.2) is 30.3 Å². The van der Waals surface area contributed by atoms with Gasteiger partial charge in [0.1, 0.15) is 6.10 Å². The van der Waals surface area contributed by atoms with Crippen LogP contribution in [0.25, 0.3) is 0 Å². The highest BCUT2D eigenvalue weighted by molar-refractivity contribution is 5.95. The zero-order valence-corrected chi connectivity index (χ0v) is 12.0. The standard InChI is InChI=1S/C15H20O5/c1-4-19-14(16)12(15(17)20-5-2)13(18-3)11-9-7-6-8-10-11/h6-10,12-13H,4-5H2,1-3H3. The zero-order valence-electron chi connectivity index (χ0n) is 12.0. The van der Waals surface area contributed by atoms with E-state index in [9.17, 15) is 9.59 Å². The highest BCUT2D eigenvalue weighted by Crippen LogP contribution is 2.27. The molecule has 0 aliphatic rings. The average molecular weight is 280 g/mol. The maximum atomic E-state index is 12.0. The molecule has 1 aromatic rings. The van der Waals surface area contributed by atoms with Crippen molar-refractivity contribution in [1.82, 2.24) is 0 Å². The summed E-state index contributed by atoms with van der Waals surface area (Å²) >= 11 is 0. The average Bonchev–Trinajstić information content (AvgIpc) is 2.45. The second-order valence-electron chi connectivity index (χ2n) is 4.05. The van der Waals surface area contributed by atoms with Gasteiger partial charge in [-0.1, -0.05) is 30.3 Å². The van der Waals surface area contributed by atoms with E-state index in [0.717, 1.165) is 5.56 Å². The summed E-state index contributed by atoms with van der Waals surface area (Å²) in [5.74, 6) is -2.40. The van der Waals surface area contributed by atoms with Gasteiger partial charge in [0.2, 0.25) is 0 Å². The van der Waals surface area contributed by atoms with E-state index in [2.05, 4.69) is 0 Å². The number of carbonyl (C=O) groups excluding carboxylic acids is 2. The first-order valence-electron chi connectivity index (χ1n) is 6.56. The Morgan fingerprint density at radius 1 is 1.00 bits per heavy atom. The minimum Gasteiger partial charge on any atom is -0.465 e. The monoisotopic (exact) mass is 280 g/mol. The smallest absolute Gasteiger partial charge is 0.323 e. The molecular weight excluding hydrogens is 260 g/mol. The molecule has 0 saturated heterocycles. The van der Waals surface area contributed by atoms with Gasteiger partial charge in [0.05, 0.1) is 13.2 Å². The van der Waals surface area contributed by atoms with Crippen molar-refractivity contribution in [3.8, 4) is 0 Å². The molecular formula is C15H20O5. The molecule has 0 amide bonds. The van der Waals surface area contributed by atoms with E-state index < -0.39 is 24.0 Å². The van der Waals surface area contributed by atoms with Gasteiger partial charge in [0, 0.05) is 7.11 Å². The van der Waals surface area contributed by atoms with Crippen LogP contribution in [0.2, 0.25) is 0 Å². The molecule has 110 valence electrons. The molecule has 0 aliphatic carbocycles. The van der Waals surface area contributed by atoms with Crippen molar-refractivity contribution >= 4 is 11.9 Å². The van der Waals surface area contributed by atoms with Crippen molar-refractivity contribution in [2.45, 2.75) is 20.0 Å². The summed E-state index contributed by atoms with van der Waals surface area (Å²) in [5, 5.41) is 0. The van der Waals surface area contributed by atoms with E-state index in [1.165, 1.54) is 7.11 Å². The summed E-state index contributed by atoms with van der Waals surface area (Å²) in [5.41, 5.74) is 0.723. The number of ether oxygens (including phenoxy) is 3. The van der Waals surface area contributed by atoms with Crippen LogP contribution in [-0.2, 0) is 23.8 Å². The third-order valence-electron chi connectivity index (χ3n) is 2.77. The first kappa shape index (κ1) is 16.2. The molecule has 0 saturated carbocycles. The fourth-order valence-electron chi connectivity index (χ4n) is 1.91. The molecule has 1 aromatic carbocycles. The molecule has 0 N–H and O–H groups in total. The first-order chi connectivity index (χ1) is 9.65. The second kappa shape index (κ2) is 8.32. The molecule has 0 heterocycles. The van der Waals surface area contributed by atoms with E-state index in [1.807, 2.05) is 18.2 Å². The van der Waals surface area contributed by atoms with Gasteiger partial charge in [-0.2, -0.15) is 0 Å². The third kappa shape index (κ3) is 4.06. The Bertz CT molecular complexity index is 411. The molecule has 1 atom stereocenters. The predicted molar refractivity (Wildman–Crippen MR) is 72.9 cm³/mol. The van der Waals surface area contributed by atoms with Crippen LogP contribution in [-0.4, -0.2) is 32.3 Å². The molecule has 0 bridgehead atoms. The predicted octanol–water partition coefficient (Wildman–Crippen LogP) is 2.12. The van der Waals surface area contributed by atoms with Gasteiger partial charge in [-0.25, -0.2) is 0 Å². The number of methoxy groups -OCH3 is 1. The molecule has 0 aromatic heterocycles. The maximum absolute atomic E-state index is 12.0. The lowest BCUT2D eigenvalue weighted by Gasteiger charge is -2.23. The normalized spacial score (nSPS) is 12.0. The lowest BCUT2D eigenvalue weighted by Crippen LogP contribution is -2.34. The van der Waals surface area contributed by atoms with Gasteiger partial charge in [0.15, 0.2) is 5.92 Å². The zero-order chi connectivity index (χ0) is 15.0. The van der Waals surface area contributed by atoms with Crippen LogP contribution in [0.5, 0.6) is 0 Å². The Kier molecular flexibility index (Phi) is 6.73. The van der Waals surface area contributed by atoms with E-state index in [4.69, 9.17) is 14.2 Å². The van der Waals surface area contributed by atoms with Crippen LogP contribution in [0.3, 0.4) is 0 Å². The Labute approximate surface area is 118 Å². The van der Waals surface area contributed by atoms with Crippen LogP contribution >= 0.6 is 0 Å². The highest BCUT2D eigenvalue weighted by atomic mass is 16.6. The highest BCUT2D eigenvalue weighted by Gasteiger charge is 2.38. The number of hydrogen-bond donors (Lipinski definition) is 0. The molecule has 5 heteroatoms. The van der Waals surface area contributed by atoms with Gasteiger partial charge >= 0.3 is 11.9 Å². The van der Waals surface area contributed by atoms with Crippen LogP contribution in [0.1, 0.15) is 25.5 Å². The fraction of sp³-hybridized carbons (Fsp3) is 0.467. The molecule has 20 heavy (non-hydrogen) atoms. The van der Waals surface area contributed by atoms with E-state index in [1.54, 1.807) is 26.0 Å². The van der Waals surface area contributed by atoms with Crippen molar-refractivity contribution in [2.75, 3.05) is 20.3 Å². The summed E-state index contributed by atoms with van der Waals surface area (Å²) in [6.45, 7) is 3.76. The van der Waals surface area contributed by atoms with Gasteiger partial charge in [-0.3, -0.25) is 9.59 Å². The van der Waals surface area contributed by atoms with Crippen molar-refractivity contribution in [3.05, 3.63) is 35.9 Å². The largest absolute Gasteiger partial charge is 0.465 e. The maximum Gasteiger partial charge on any atom is 0.323 e. The number of carbonyl (C=O) groups is 2. The van der Waals surface area contributed by atoms with Crippen molar-refractivity contribution < 1.29 is 23.8 Å². The van der Waals surface area contributed by atoms with Gasteiger partial charge in [0.25, 0.3) is 0 Å². The lowest BCUT2D eigenvalue weighted by atomic mass is 9.95. The van der Waals surface area contributed by atoms with Crippen molar-refractivity contribution in [1.29, 1.82) is 0 Å². The Morgan fingerprint density at radius 2 is 1.50 bits per heavy atom. The quantitative estimate of drug-likeness (QED) is 0.565. The van der Waals surface area contributed by atoms with Crippen molar-refractivity contribution in [2.24, 2.45) is 5.92 Å². The van der Waals surface area contributed by atoms with Gasteiger partial charge in [-0.15, -0.1) is 0 Å². The van der Waals surface area contributed by atoms with E-state index >= 15 is 0 Å². The number of esters is 2. The van der Waals surface area contributed by atoms with Crippen molar-refractivity contribution in [3.63, 3.8) is 0 Å². The number of hydrogen-bond acceptors (Lipinski definition) is 5. The summed E-state index contributed by atoms with van der Waals surface area (Å²) in [7, 11) is 1.45. The SMILES string of the molecule is CCOC(=O)C(C(=O)OCC)C(OC)c1ccccc1. The molecule has 5 nitrogen and oxygen atoms in total. The third-order valence-corrected chi connectivity index (χ3v) is 2.77. The molecule has 1 unspecified atom stereocenters. The fourth-order valence-corrected chi connectivity index (χ4v) is 1.91. The van der Waals surface area contributed by atoms with E-state index in [-0.39, 0.29) is 13.2 Å². The van der Waals surface area contributed by atoms with Crippen LogP contribution < -0.4 is 0 Å². The number of benzene rings is 1. The lowest BCUT2D eigenvalue weighted by molar-refractivity contribution is -0.168. The van der Waals surface area contributed by atoms with E-state index in [0.29, 0.717) is 0 Å². The van der Waals surface area contributed by atoms with Crippen LogP contribution in [0.4, 0.5) is 0 Å². The van der Waals surface area contributed by atoms with Gasteiger partial charge < -0.3 is 14.2 Å². The molecule has 1 rings (SSSR count). The van der Waals surface area contributed by atoms with Crippen LogP contribution in [0, 0.1) is 5.92 Å².